The first-order valence-electron chi connectivity index (χ1n) is 10.2. The van der Waals surface area contributed by atoms with Crippen LogP contribution in [0.15, 0.2) is 60.7 Å². The molecular formula is C23H17F4N5O4. The van der Waals surface area contributed by atoms with Crippen LogP contribution >= 0.6 is 0 Å². The van der Waals surface area contributed by atoms with Crippen molar-refractivity contribution in [3.05, 3.63) is 83.5 Å². The number of hydrogen-bond acceptors (Lipinski definition) is 7. The van der Waals surface area contributed by atoms with E-state index in [0.717, 1.165) is 35.2 Å². The van der Waals surface area contributed by atoms with E-state index in [1.165, 1.54) is 31.2 Å². The molecule has 0 spiro atoms. The Morgan fingerprint density at radius 2 is 1.97 bits per heavy atom. The highest BCUT2D eigenvalue weighted by molar-refractivity contribution is 6.04. The summed E-state index contributed by atoms with van der Waals surface area (Å²) in [4.78, 5) is 21.0. The van der Waals surface area contributed by atoms with Crippen molar-refractivity contribution in [2.75, 3.05) is 11.9 Å². The minimum Gasteiger partial charge on any atom is -0.507 e. The molecule has 0 saturated heterocycles. The molecule has 13 heteroatoms. The predicted octanol–water partition coefficient (Wildman–Crippen LogP) is 4.28. The van der Waals surface area contributed by atoms with Gasteiger partial charge in [-0.25, -0.2) is 18.9 Å². The summed E-state index contributed by atoms with van der Waals surface area (Å²) < 4.78 is 60.6. The van der Waals surface area contributed by atoms with Crippen LogP contribution in [0.4, 0.5) is 23.4 Å². The normalized spacial score (nSPS) is 12.1. The lowest BCUT2D eigenvalue weighted by molar-refractivity contribution is -0.137. The summed E-state index contributed by atoms with van der Waals surface area (Å²) in [6.07, 6.45) is -3.03. The number of alkyl halides is 3. The molecule has 0 atom stereocenters. The molecule has 3 heterocycles. The fourth-order valence-electron chi connectivity index (χ4n) is 3.33. The van der Waals surface area contributed by atoms with Gasteiger partial charge in [-0.05, 0) is 25.1 Å². The van der Waals surface area contributed by atoms with E-state index in [2.05, 4.69) is 20.4 Å². The van der Waals surface area contributed by atoms with Crippen LogP contribution in [0.25, 0.3) is 16.9 Å². The Balaban J connectivity index is 1.91. The number of imidazole rings is 1. The van der Waals surface area contributed by atoms with Gasteiger partial charge >= 0.3 is 6.18 Å². The summed E-state index contributed by atoms with van der Waals surface area (Å²) >= 11 is 0. The molecule has 0 saturated carbocycles. The molecule has 4 rings (SSSR count). The first-order chi connectivity index (χ1) is 17.1. The number of aliphatic hydroxyl groups excluding tert-OH is 2. The molecule has 1 aromatic carbocycles. The van der Waals surface area contributed by atoms with Crippen LogP contribution in [-0.4, -0.2) is 42.3 Å². The third kappa shape index (κ3) is 4.95. The molecule has 3 N–H and O–H groups in total. The van der Waals surface area contributed by atoms with E-state index in [4.69, 9.17) is 9.84 Å². The van der Waals surface area contributed by atoms with Gasteiger partial charge in [-0.3, -0.25) is 4.79 Å². The monoisotopic (exact) mass is 503 g/mol. The van der Waals surface area contributed by atoms with E-state index < -0.39 is 35.8 Å². The third-order valence-electron chi connectivity index (χ3n) is 4.90. The number of benzene rings is 1. The van der Waals surface area contributed by atoms with Gasteiger partial charge in [-0.1, -0.05) is 18.2 Å². The number of nitrogens with zero attached hydrogens (tertiary/aromatic N) is 4. The van der Waals surface area contributed by atoms with Crippen molar-refractivity contribution in [3.63, 3.8) is 0 Å². The average molecular weight is 503 g/mol. The number of nitrogens with one attached hydrogen (secondary N) is 1. The second-order valence-corrected chi connectivity index (χ2v) is 7.42. The lowest BCUT2D eigenvalue weighted by atomic mass is 10.0. The summed E-state index contributed by atoms with van der Waals surface area (Å²) in [6, 6.07) is 8.17. The molecule has 4 aromatic rings. The number of hydrogen-bond donors (Lipinski definition) is 3. The van der Waals surface area contributed by atoms with Crippen molar-refractivity contribution in [1.82, 2.24) is 19.6 Å². The van der Waals surface area contributed by atoms with E-state index in [-0.39, 0.29) is 39.9 Å². The topological polar surface area (TPSA) is 122 Å². The SMILES string of the molecule is Cc1nc2c(O/C=C(/O)CO)cc(-c3ccccc3C(F)(F)F)nn2c1C(=O)Nc1ccc(F)cn1. The van der Waals surface area contributed by atoms with Crippen LogP contribution in [0, 0.1) is 12.7 Å². The zero-order valence-electron chi connectivity index (χ0n) is 18.4. The maximum absolute atomic E-state index is 13.7. The summed E-state index contributed by atoms with van der Waals surface area (Å²) in [5.41, 5.74) is -1.56. The van der Waals surface area contributed by atoms with Gasteiger partial charge in [0.25, 0.3) is 5.91 Å². The molecule has 0 aliphatic heterocycles. The molecule has 0 radical (unpaired) electrons. The van der Waals surface area contributed by atoms with Crippen molar-refractivity contribution in [1.29, 1.82) is 0 Å². The fourth-order valence-corrected chi connectivity index (χ4v) is 3.33. The number of pyridine rings is 1. The number of amides is 1. The number of fused-ring (bicyclic) bond motifs is 1. The standard InChI is InChI=1S/C23H17F4N5O4/c1-12-20(22(35)30-19-7-6-13(24)9-28-19)32-21(29-12)18(36-11-14(34)10-33)8-17(31-32)15-4-2-3-5-16(15)23(25,26)27/h2-9,11,33-34H,10H2,1H3,(H,28,30,35)/b14-11+. The van der Waals surface area contributed by atoms with Crippen molar-refractivity contribution in [3.8, 4) is 17.0 Å². The van der Waals surface area contributed by atoms with Gasteiger partial charge < -0.3 is 20.3 Å². The highest BCUT2D eigenvalue weighted by Gasteiger charge is 2.34. The van der Waals surface area contributed by atoms with Crippen LogP contribution in [0.3, 0.4) is 0 Å². The number of carbonyl (C=O) groups excluding carboxylic acids is 1. The molecule has 36 heavy (non-hydrogen) atoms. The highest BCUT2D eigenvalue weighted by Crippen LogP contribution is 2.38. The molecule has 0 unspecified atom stereocenters. The molecule has 3 aromatic heterocycles. The molecule has 9 nitrogen and oxygen atoms in total. The number of halogens is 4. The molecule has 1 amide bonds. The zero-order chi connectivity index (χ0) is 26.0. The van der Waals surface area contributed by atoms with Gasteiger partial charge in [0.1, 0.15) is 24.5 Å². The lowest BCUT2D eigenvalue weighted by Crippen LogP contribution is -2.18. The summed E-state index contributed by atoms with van der Waals surface area (Å²) in [7, 11) is 0. The Morgan fingerprint density at radius 1 is 1.22 bits per heavy atom. The van der Waals surface area contributed by atoms with E-state index in [1.54, 1.807) is 0 Å². The fraction of sp³-hybridized carbons (Fsp3) is 0.130. The lowest BCUT2D eigenvalue weighted by Gasteiger charge is -2.14. The Bertz CT molecular complexity index is 1470. The minimum absolute atomic E-state index is 0.0154. The minimum atomic E-state index is -4.71. The second kappa shape index (κ2) is 9.62. The quantitative estimate of drug-likeness (QED) is 0.265. The Labute approximate surface area is 200 Å². The second-order valence-electron chi connectivity index (χ2n) is 7.42. The van der Waals surface area contributed by atoms with Crippen LogP contribution in [0.5, 0.6) is 5.75 Å². The molecule has 186 valence electrons. The smallest absolute Gasteiger partial charge is 0.417 e. The van der Waals surface area contributed by atoms with E-state index >= 15 is 0 Å². The van der Waals surface area contributed by atoms with E-state index in [9.17, 15) is 27.5 Å². The van der Waals surface area contributed by atoms with Crippen molar-refractivity contribution in [2.45, 2.75) is 13.1 Å². The van der Waals surface area contributed by atoms with Crippen molar-refractivity contribution < 1.29 is 37.3 Å². The zero-order valence-corrected chi connectivity index (χ0v) is 18.4. The number of aromatic nitrogens is 4. The van der Waals surface area contributed by atoms with Crippen LogP contribution < -0.4 is 10.1 Å². The number of aliphatic hydroxyl groups is 2. The van der Waals surface area contributed by atoms with Gasteiger partial charge in [0, 0.05) is 11.6 Å². The van der Waals surface area contributed by atoms with E-state index in [0.29, 0.717) is 0 Å². The van der Waals surface area contributed by atoms with Crippen molar-refractivity contribution >= 4 is 17.4 Å². The largest absolute Gasteiger partial charge is 0.507 e. The average Bonchev–Trinajstić information content (AvgIpc) is 3.19. The maximum Gasteiger partial charge on any atom is 0.417 e. The van der Waals surface area contributed by atoms with Crippen LogP contribution in [0.1, 0.15) is 21.7 Å². The van der Waals surface area contributed by atoms with Crippen LogP contribution in [-0.2, 0) is 6.18 Å². The number of rotatable bonds is 6. The first-order valence-corrected chi connectivity index (χ1v) is 10.2. The Kier molecular flexibility index (Phi) is 6.57. The number of anilines is 1. The summed E-state index contributed by atoms with van der Waals surface area (Å²) in [6.45, 7) is 0.715. The Hall–Kier alpha value is -4.52. The first kappa shape index (κ1) is 24.6. The Morgan fingerprint density at radius 3 is 2.64 bits per heavy atom. The number of aryl methyl sites for hydroxylation is 1. The van der Waals surface area contributed by atoms with Crippen LogP contribution in [0.2, 0.25) is 0 Å². The van der Waals surface area contributed by atoms with Gasteiger partial charge in [-0.15, -0.1) is 0 Å². The highest BCUT2D eigenvalue weighted by atomic mass is 19.4. The summed E-state index contributed by atoms with van der Waals surface area (Å²) in [5.74, 6) is -2.09. The van der Waals surface area contributed by atoms with E-state index in [1.807, 2.05) is 0 Å². The molecular weight excluding hydrogens is 486 g/mol. The van der Waals surface area contributed by atoms with Gasteiger partial charge in [0.2, 0.25) is 0 Å². The number of carbonyl (C=O) groups is 1. The van der Waals surface area contributed by atoms with Gasteiger partial charge in [0.15, 0.2) is 22.8 Å². The molecule has 0 aliphatic carbocycles. The number of ether oxygens (including phenoxy) is 1. The molecule has 0 bridgehead atoms. The third-order valence-corrected chi connectivity index (χ3v) is 4.90. The maximum atomic E-state index is 13.7. The van der Waals surface area contributed by atoms with Crippen molar-refractivity contribution in [2.24, 2.45) is 0 Å². The molecule has 0 aliphatic rings. The van der Waals surface area contributed by atoms with Gasteiger partial charge in [-0.2, -0.15) is 18.3 Å². The predicted molar refractivity (Wildman–Crippen MR) is 119 cm³/mol. The summed E-state index contributed by atoms with van der Waals surface area (Å²) in [5, 5.41) is 25.3. The molecule has 0 fully saturated rings. The van der Waals surface area contributed by atoms with Gasteiger partial charge in [0.05, 0.1) is 23.1 Å².